The van der Waals surface area contributed by atoms with E-state index in [0.29, 0.717) is 31.2 Å². The topological polar surface area (TPSA) is 81.8 Å². The number of benzene rings is 2. The van der Waals surface area contributed by atoms with Crippen LogP contribution in [0.3, 0.4) is 0 Å². The third-order valence-corrected chi connectivity index (χ3v) is 8.07. The third-order valence-electron chi connectivity index (χ3n) is 7.82. The molecule has 4 aromatic rings. The van der Waals surface area contributed by atoms with Crippen LogP contribution < -0.4 is 4.90 Å². The van der Waals surface area contributed by atoms with Gasteiger partial charge in [-0.1, -0.05) is 35.9 Å². The van der Waals surface area contributed by atoms with Crippen molar-refractivity contribution in [3.05, 3.63) is 83.4 Å². The second kappa shape index (κ2) is 12.9. The van der Waals surface area contributed by atoms with E-state index in [1.807, 2.05) is 70.1 Å². The highest BCUT2D eigenvalue weighted by Gasteiger charge is 2.34. The van der Waals surface area contributed by atoms with E-state index >= 15 is 0 Å². The summed E-state index contributed by atoms with van der Waals surface area (Å²) in [6, 6.07) is 15.5. The first-order valence-electron chi connectivity index (χ1n) is 14.9. The molecule has 1 aliphatic rings. The van der Waals surface area contributed by atoms with Crippen molar-refractivity contribution in [1.29, 1.82) is 0 Å². The number of hydrogen-bond donors (Lipinski definition) is 1. The van der Waals surface area contributed by atoms with E-state index in [2.05, 4.69) is 14.9 Å². The van der Waals surface area contributed by atoms with Crippen LogP contribution in [0.5, 0.6) is 0 Å². The number of amides is 2. The lowest BCUT2D eigenvalue weighted by molar-refractivity contribution is -0.133. The Morgan fingerprint density at radius 2 is 1.68 bits per heavy atom. The number of fused-ring (bicyclic) bond motifs is 1. The van der Waals surface area contributed by atoms with E-state index in [1.165, 1.54) is 12.1 Å². The maximum atomic E-state index is 14.2. The van der Waals surface area contributed by atoms with Gasteiger partial charge in [-0.15, -0.1) is 0 Å². The van der Waals surface area contributed by atoms with E-state index in [0.717, 1.165) is 33.4 Å². The molecule has 0 unspecified atom stereocenters. The maximum absolute atomic E-state index is 14.2. The Bertz CT molecular complexity index is 1610. The molecule has 2 amide bonds. The molecule has 10 heteroatoms. The quantitative estimate of drug-likeness (QED) is 0.239. The highest BCUT2D eigenvalue weighted by atomic mass is 35.5. The van der Waals surface area contributed by atoms with Gasteiger partial charge in [0.1, 0.15) is 17.1 Å². The van der Waals surface area contributed by atoms with Gasteiger partial charge >= 0.3 is 6.09 Å². The third kappa shape index (κ3) is 6.99. The molecule has 0 bridgehead atoms. The summed E-state index contributed by atoms with van der Waals surface area (Å²) in [7, 11) is 0. The Morgan fingerprint density at radius 1 is 1.02 bits per heavy atom. The van der Waals surface area contributed by atoms with E-state index in [4.69, 9.17) is 16.3 Å². The van der Waals surface area contributed by atoms with Crippen LogP contribution in [-0.4, -0.2) is 76.1 Å². The van der Waals surface area contributed by atoms with Crippen LogP contribution in [0, 0.1) is 5.82 Å². The number of nitrogens with one attached hydrogen (secondary N) is 1. The summed E-state index contributed by atoms with van der Waals surface area (Å²) in [4.78, 5) is 41.0. The molecule has 8 nitrogen and oxygen atoms in total. The Balaban J connectivity index is 1.40. The molecule has 3 heterocycles. The van der Waals surface area contributed by atoms with Crippen LogP contribution in [-0.2, 0) is 9.53 Å². The van der Waals surface area contributed by atoms with Gasteiger partial charge in [-0.05, 0) is 76.1 Å². The van der Waals surface area contributed by atoms with Crippen molar-refractivity contribution in [3.63, 3.8) is 0 Å². The zero-order valence-corrected chi connectivity index (χ0v) is 26.6. The first kappa shape index (κ1) is 31.3. The number of piperazine rings is 1. The summed E-state index contributed by atoms with van der Waals surface area (Å²) in [5.41, 5.74) is 3.67. The largest absolute Gasteiger partial charge is 0.444 e. The number of pyridine rings is 1. The number of carbonyl (C=O) groups excluding carboxylic acids is 2. The predicted octanol–water partition coefficient (Wildman–Crippen LogP) is 7.10. The van der Waals surface area contributed by atoms with Crippen LogP contribution in [0.4, 0.5) is 14.9 Å². The molecule has 0 saturated carbocycles. The zero-order valence-electron chi connectivity index (χ0n) is 25.8. The van der Waals surface area contributed by atoms with Crippen molar-refractivity contribution >= 4 is 40.3 Å². The van der Waals surface area contributed by atoms with Crippen LogP contribution in [0.25, 0.3) is 22.2 Å². The molecule has 1 N–H and O–H groups in total. The van der Waals surface area contributed by atoms with Crippen LogP contribution in [0.1, 0.15) is 46.1 Å². The molecule has 0 spiro atoms. The van der Waals surface area contributed by atoms with Gasteiger partial charge in [-0.3, -0.25) is 4.79 Å². The highest BCUT2D eigenvalue weighted by molar-refractivity contribution is 6.30. The number of H-pyrrole nitrogens is 1. The number of rotatable bonds is 7. The highest BCUT2D eigenvalue weighted by Crippen LogP contribution is 2.37. The molecule has 1 atom stereocenters. The molecule has 1 aliphatic heterocycles. The first-order valence-corrected chi connectivity index (χ1v) is 15.3. The standard InChI is InChI=1S/C34H39ClFN5O3/c1-22(2)41(33(43)44-34(3,4)5)21-29(24-6-10-25(35)11-7-24)32(42)40-18-16-39(17-19-40)30-27-14-15-37-31(27)38-20-28(30)23-8-12-26(36)13-9-23/h6-15,20,22,29H,16-19,21H2,1-5H3,(H,37,38)/t29-/m1/s1. The zero-order chi connectivity index (χ0) is 31.6. The number of hydrogen-bond acceptors (Lipinski definition) is 5. The smallest absolute Gasteiger partial charge is 0.410 e. The molecule has 2 aromatic carbocycles. The lowest BCUT2D eigenvalue weighted by Crippen LogP contribution is -2.52. The van der Waals surface area contributed by atoms with E-state index in [1.54, 1.807) is 29.2 Å². The summed E-state index contributed by atoms with van der Waals surface area (Å²) < 4.78 is 19.4. The second-order valence-electron chi connectivity index (χ2n) is 12.4. The van der Waals surface area contributed by atoms with Crippen molar-refractivity contribution in [2.45, 2.75) is 52.2 Å². The molecular weight excluding hydrogens is 581 g/mol. The molecule has 44 heavy (non-hydrogen) atoms. The Kier molecular flexibility index (Phi) is 9.15. The van der Waals surface area contributed by atoms with Crippen LogP contribution in [0.15, 0.2) is 67.0 Å². The Morgan fingerprint density at radius 3 is 2.30 bits per heavy atom. The van der Waals surface area contributed by atoms with Gasteiger partial charge in [0.15, 0.2) is 0 Å². The van der Waals surface area contributed by atoms with Crippen LogP contribution >= 0.6 is 11.6 Å². The van der Waals surface area contributed by atoms with Crippen molar-refractivity contribution in [2.75, 3.05) is 37.6 Å². The number of nitrogens with zero attached hydrogens (tertiary/aromatic N) is 4. The minimum Gasteiger partial charge on any atom is -0.444 e. The second-order valence-corrected chi connectivity index (χ2v) is 12.8. The average Bonchev–Trinajstić information content (AvgIpc) is 3.46. The van der Waals surface area contributed by atoms with Gasteiger partial charge in [-0.2, -0.15) is 0 Å². The minimum atomic E-state index is -0.662. The number of aromatic nitrogens is 2. The summed E-state index contributed by atoms with van der Waals surface area (Å²) in [6.07, 6.45) is 3.22. The monoisotopic (exact) mass is 619 g/mol. The lowest BCUT2D eigenvalue weighted by atomic mass is 9.95. The fourth-order valence-electron chi connectivity index (χ4n) is 5.58. The van der Waals surface area contributed by atoms with Crippen molar-refractivity contribution in [2.24, 2.45) is 0 Å². The van der Waals surface area contributed by atoms with E-state index in [9.17, 15) is 14.0 Å². The minimum absolute atomic E-state index is 0.0542. The van der Waals surface area contributed by atoms with Crippen molar-refractivity contribution in [3.8, 4) is 11.1 Å². The van der Waals surface area contributed by atoms with Gasteiger partial charge in [0, 0.05) is 67.1 Å². The number of anilines is 1. The number of ether oxygens (including phenoxy) is 1. The Hall–Kier alpha value is -4.11. The van der Waals surface area contributed by atoms with Crippen molar-refractivity contribution in [1.82, 2.24) is 19.8 Å². The molecule has 1 fully saturated rings. The average molecular weight is 620 g/mol. The molecule has 0 radical (unpaired) electrons. The molecule has 1 saturated heterocycles. The van der Waals surface area contributed by atoms with Crippen LogP contribution in [0.2, 0.25) is 5.02 Å². The van der Waals surface area contributed by atoms with E-state index < -0.39 is 17.6 Å². The Labute approximate surface area is 262 Å². The predicted molar refractivity (Wildman–Crippen MR) is 173 cm³/mol. The summed E-state index contributed by atoms with van der Waals surface area (Å²) >= 11 is 6.19. The number of carbonyl (C=O) groups is 2. The normalized spacial score (nSPS) is 14.6. The van der Waals surface area contributed by atoms with Gasteiger partial charge in [-0.25, -0.2) is 14.2 Å². The first-order chi connectivity index (χ1) is 20.9. The summed E-state index contributed by atoms with van der Waals surface area (Å²) in [5.74, 6) is -0.946. The number of aromatic amines is 1. The molecule has 232 valence electrons. The fourth-order valence-corrected chi connectivity index (χ4v) is 5.71. The van der Waals surface area contributed by atoms with Crippen molar-refractivity contribution < 1.29 is 18.7 Å². The molecule has 0 aliphatic carbocycles. The summed E-state index contributed by atoms with van der Waals surface area (Å²) in [6.45, 7) is 11.7. The summed E-state index contributed by atoms with van der Waals surface area (Å²) in [5, 5.41) is 1.54. The SMILES string of the molecule is CC(C)N(C[C@@H](C(=O)N1CCN(c2c(-c3ccc(F)cc3)cnc3[nH]ccc23)CC1)c1ccc(Cl)cc1)C(=O)OC(C)(C)C. The van der Waals surface area contributed by atoms with Gasteiger partial charge < -0.3 is 24.4 Å². The van der Waals surface area contributed by atoms with Gasteiger partial charge in [0.25, 0.3) is 0 Å². The molecule has 5 rings (SSSR count). The van der Waals surface area contributed by atoms with E-state index in [-0.39, 0.29) is 24.3 Å². The lowest BCUT2D eigenvalue weighted by Gasteiger charge is -2.39. The molecule has 2 aromatic heterocycles. The fraction of sp³-hybridized carbons (Fsp3) is 0.382. The van der Waals surface area contributed by atoms with Gasteiger partial charge in [0.05, 0.1) is 11.6 Å². The maximum Gasteiger partial charge on any atom is 0.410 e. The molecular formula is C34H39ClFN5O3. The van der Waals surface area contributed by atoms with Gasteiger partial charge in [0.2, 0.25) is 5.91 Å². The number of halogens is 2.